The summed E-state index contributed by atoms with van der Waals surface area (Å²) in [6, 6.07) is 40.5. The van der Waals surface area contributed by atoms with Gasteiger partial charge in [-0.2, -0.15) is 18.6 Å². The van der Waals surface area contributed by atoms with Gasteiger partial charge in [-0.15, -0.1) is 20.5 Å². The van der Waals surface area contributed by atoms with E-state index in [9.17, 15) is 33.4 Å². The monoisotopic (exact) mass is 890 g/mol. The molecule has 0 aliphatic carbocycles. The van der Waals surface area contributed by atoms with Crippen LogP contribution >= 0.6 is 0 Å². The molecule has 0 amide bonds. The summed E-state index contributed by atoms with van der Waals surface area (Å²) in [5, 5.41) is 69.4. The summed E-state index contributed by atoms with van der Waals surface area (Å²) in [7, 11) is -2.95. The maximum absolute atomic E-state index is 11.6. The van der Waals surface area contributed by atoms with Crippen LogP contribution in [0.2, 0.25) is 0 Å². The van der Waals surface area contributed by atoms with E-state index in [4.69, 9.17) is 4.74 Å². The largest absolute Gasteiger partial charge is 1.00 e. The number of methoxy groups -OCH3 is 1. The van der Waals surface area contributed by atoms with E-state index in [0.29, 0.717) is 27.8 Å². The van der Waals surface area contributed by atoms with Gasteiger partial charge < -0.3 is 25.2 Å². The fourth-order valence-electron chi connectivity index (χ4n) is 5.95. The van der Waals surface area contributed by atoms with Crippen LogP contribution in [0.15, 0.2) is 181 Å². The molecule has 8 aromatic carbocycles. The van der Waals surface area contributed by atoms with Crippen molar-refractivity contribution in [3.8, 4) is 28.7 Å². The Morgan fingerprint density at radius 2 is 0.902 bits per heavy atom. The van der Waals surface area contributed by atoms with Crippen LogP contribution in [0.1, 0.15) is 0 Å². The van der Waals surface area contributed by atoms with Crippen molar-refractivity contribution < 1.29 is 115 Å². The summed E-state index contributed by atoms with van der Waals surface area (Å²) in [5.74, 6) is 0.141. The Bertz CT molecular complexity index is 3050. The molecule has 0 unspecified atom stereocenters. The molecular formula is C43H32CrN6Na2O8S+2. The molecule has 0 heterocycles. The molecule has 0 aromatic heterocycles. The summed E-state index contributed by atoms with van der Waals surface area (Å²) < 4.78 is 37.8. The predicted molar refractivity (Wildman–Crippen MR) is 220 cm³/mol. The summed E-state index contributed by atoms with van der Waals surface area (Å²) in [5.41, 5.74) is 1.95. The summed E-state index contributed by atoms with van der Waals surface area (Å²) in [6.45, 7) is 0. The number of benzene rings is 8. The molecule has 294 valence electrons. The number of fused-ring (bicyclic) bond motifs is 3. The summed E-state index contributed by atoms with van der Waals surface area (Å²) >= 11 is 0. The van der Waals surface area contributed by atoms with Crippen LogP contribution in [0.4, 0.5) is 34.1 Å². The van der Waals surface area contributed by atoms with Gasteiger partial charge in [0.05, 0.1) is 18.5 Å². The van der Waals surface area contributed by atoms with Crippen LogP contribution in [-0.2, 0) is 27.5 Å². The van der Waals surface area contributed by atoms with Gasteiger partial charge >= 0.3 is 59.1 Å². The van der Waals surface area contributed by atoms with Gasteiger partial charge in [0.1, 0.15) is 56.4 Å². The van der Waals surface area contributed by atoms with E-state index in [1.165, 1.54) is 18.2 Å². The Hall–Kier alpha value is -5.22. The van der Waals surface area contributed by atoms with Crippen molar-refractivity contribution in [1.29, 1.82) is 0 Å². The molecule has 18 heteroatoms. The van der Waals surface area contributed by atoms with E-state index in [2.05, 4.69) is 30.7 Å². The van der Waals surface area contributed by atoms with Crippen molar-refractivity contribution in [3.63, 3.8) is 0 Å². The SMILES string of the molecule is COc1ccc(N=Nc2ccc(O)c(N=Nc3c(O)ccc4ccccc34)c2)cc1.O=S(=O)(O)c1cc(O)c(N=Nc2c(O)ccc3ccccc23)c2ccccc12.[Cr].[Na+].[Na+]. The van der Waals surface area contributed by atoms with E-state index in [0.717, 1.165) is 28.0 Å². The van der Waals surface area contributed by atoms with E-state index >= 15 is 0 Å². The maximum Gasteiger partial charge on any atom is 1.00 e. The summed E-state index contributed by atoms with van der Waals surface area (Å²) in [6.07, 6.45) is 0. The Kier molecular flexibility index (Phi) is 17.1. The minimum Gasteiger partial charge on any atom is -0.506 e. The maximum atomic E-state index is 11.6. The number of ether oxygens (including phenoxy) is 1. The molecule has 5 N–H and O–H groups in total. The number of phenolic OH excluding ortho intramolecular Hbond substituents is 4. The number of nitrogens with zero attached hydrogens (tertiary/aromatic N) is 6. The Morgan fingerprint density at radius 3 is 1.44 bits per heavy atom. The molecule has 0 fully saturated rings. The Labute approximate surface area is 404 Å². The third-order valence-electron chi connectivity index (χ3n) is 8.81. The molecule has 0 aliphatic rings. The predicted octanol–water partition coefficient (Wildman–Crippen LogP) is 6.16. The average Bonchev–Trinajstić information content (AvgIpc) is 3.23. The Morgan fingerprint density at radius 1 is 0.459 bits per heavy atom. The van der Waals surface area contributed by atoms with Gasteiger partial charge in [-0.1, -0.05) is 84.9 Å². The Balaban J connectivity index is 0.000000257. The number of aromatic hydroxyl groups is 4. The average molecular weight is 891 g/mol. The number of hydrogen-bond acceptors (Lipinski definition) is 13. The van der Waals surface area contributed by atoms with Crippen molar-refractivity contribution in [2.45, 2.75) is 4.90 Å². The molecule has 8 rings (SSSR count). The first-order chi connectivity index (χ1) is 28.0. The van der Waals surface area contributed by atoms with Crippen LogP contribution in [0.5, 0.6) is 28.7 Å². The second-order valence-corrected chi connectivity index (χ2v) is 13.9. The van der Waals surface area contributed by atoms with Crippen molar-refractivity contribution in [2.24, 2.45) is 30.7 Å². The van der Waals surface area contributed by atoms with Gasteiger partial charge in [-0.25, -0.2) is 0 Å². The standard InChI is InChI=1S/C23H18N4O3.C20H14N2O5S.Cr.2Na/c1-30-18-10-7-16(8-11-18)24-25-17-9-13-21(28)20(14-17)26-27-23-19-5-3-2-4-15(19)6-12-22(23)29;23-16-10-9-12-5-1-2-6-13(12)19(16)21-22-20-15-8-4-3-7-14(15)18(11-17(20)24)28(25,26)27;;;/h2-14,28-29H,1H3;1-11,23-24H,(H,25,26,27);;;/q;;;2*+1. The van der Waals surface area contributed by atoms with Gasteiger partial charge in [0, 0.05) is 45.0 Å². The van der Waals surface area contributed by atoms with Crippen LogP contribution in [0.25, 0.3) is 32.3 Å². The molecule has 0 atom stereocenters. The van der Waals surface area contributed by atoms with Crippen molar-refractivity contribution >= 4 is 76.6 Å². The number of azo groups is 3. The first kappa shape index (κ1) is 48.4. The number of hydrogen-bond donors (Lipinski definition) is 5. The number of phenols is 4. The van der Waals surface area contributed by atoms with Crippen LogP contribution in [0.3, 0.4) is 0 Å². The van der Waals surface area contributed by atoms with Gasteiger partial charge in [0.25, 0.3) is 10.1 Å². The first-order valence-electron chi connectivity index (χ1n) is 17.4. The van der Waals surface area contributed by atoms with E-state index in [1.807, 2.05) is 36.4 Å². The second kappa shape index (κ2) is 21.5. The topological polar surface area (TPSA) is 219 Å². The fraction of sp³-hybridized carbons (Fsp3) is 0.0233. The van der Waals surface area contributed by atoms with Gasteiger partial charge in [0.15, 0.2) is 0 Å². The zero-order valence-corrected chi connectivity index (χ0v) is 38.9. The third-order valence-corrected chi connectivity index (χ3v) is 9.71. The molecule has 0 radical (unpaired) electrons. The van der Waals surface area contributed by atoms with Crippen molar-refractivity contribution in [1.82, 2.24) is 0 Å². The van der Waals surface area contributed by atoms with Crippen molar-refractivity contribution in [2.75, 3.05) is 7.11 Å². The zero-order valence-electron chi connectivity index (χ0n) is 32.8. The molecule has 0 aliphatic heterocycles. The van der Waals surface area contributed by atoms with Crippen molar-refractivity contribution in [3.05, 3.63) is 146 Å². The quantitative estimate of drug-likeness (QED) is 0.0674. The molecule has 0 spiro atoms. The minimum absolute atomic E-state index is 0. The smallest absolute Gasteiger partial charge is 0.506 e. The molecule has 0 saturated heterocycles. The molecule has 0 saturated carbocycles. The van der Waals surface area contributed by atoms with E-state index in [-0.39, 0.29) is 116 Å². The van der Waals surface area contributed by atoms with Crippen LogP contribution < -0.4 is 63.9 Å². The normalized spacial score (nSPS) is 11.2. The van der Waals surface area contributed by atoms with E-state index < -0.39 is 20.8 Å². The van der Waals surface area contributed by atoms with E-state index in [1.54, 1.807) is 92.0 Å². The fourth-order valence-corrected chi connectivity index (χ4v) is 6.67. The molecule has 61 heavy (non-hydrogen) atoms. The zero-order chi connectivity index (χ0) is 40.8. The minimum atomic E-state index is -4.54. The van der Waals surface area contributed by atoms with Gasteiger partial charge in [-0.3, -0.25) is 4.55 Å². The molecule has 0 bridgehead atoms. The summed E-state index contributed by atoms with van der Waals surface area (Å²) in [4.78, 5) is -0.424. The van der Waals surface area contributed by atoms with Crippen LogP contribution in [-0.4, -0.2) is 40.5 Å². The van der Waals surface area contributed by atoms with Gasteiger partial charge in [0.2, 0.25) is 0 Å². The van der Waals surface area contributed by atoms with Crippen LogP contribution in [0, 0.1) is 0 Å². The second-order valence-electron chi connectivity index (χ2n) is 12.5. The first-order valence-corrected chi connectivity index (χ1v) is 18.8. The third kappa shape index (κ3) is 11.4. The number of rotatable bonds is 8. The van der Waals surface area contributed by atoms with Gasteiger partial charge in [-0.05, 0) is 65.4 Å². The molecular weight excluding hydrogens is 859 g/mol. The molecule has 8 aromatic rings. The molecule has 14 nitrogen and oxygen atoms in total.